The van der Waals surface area contributed by atoms with Crippen molar-refractivity contribution >= 4 is 28.5 Å². The van der Waals surface area contributed by atoms with E-state index in [0.717, 1.165) is 12.1 Å². The molecule has 0 bridgehead atoms. The zero-order chi connectivity index (χ0) is 26.7. The van der Waals surface area contributed by atoms with Crippen molar-refractivity contribution in [2.75, 3.05) is 18.5 Å². The Morgan fingerprint density at radius 1 is 1.00 bits per heavy atom. The summed E-state index contributed by atoms with van der Waals surface area (Å²) in [4.78, 5) is 8.41. The molecule has 4 rings (SSSR count). The zero-order valence-corrected chi connectivity index (χ0v) is 19.6. The van der Waals surface area contributed by atoms with Crippen LogP contribution < -0.4 is 10.1 Å². The predicted molar refractivity (Wildman–Crippen MR) is 128 cm³/mol. The van der Waals surface area contributed by atoms with Crippen molar-refractivity contribution in [3.8, 4) is 23.0 Å². The summed E-state index contributed by atoms with van der Waals surface area (Å²) in [6, 6.07) is 9.12. The van der Waals surface area contributed by atoms with E-state index in [9.17, 15) is 29.2 Å². The standard InChI is InChI=1S/C23H22ClF2N5O6/c24-12-4-2-1-3-11(12)18-17-21(27-8-14(33)19(35)20(36)15(34)9-32)28-23(29-22(17)31-30-18)37-16-6-5-10(25)7-13(16)26/h1-7,14-15,19-20,32-36H,8-9H2,(H2,27,28,29,30,31)/t14-,15+,19+,20+/m0/s1. The number of ether oxygens (including phenoxy) is 1. The van der Waals surface area contributed by atoms with E-state index < -0.39 is 49.2 Å². The lowest BCUT2D eigenvalue weighted by molar-refractivity contribution is -0.111. The Morgan fingerprint density at radius 2 is 1.73 bits per heavy atom. The highest BCUT2D eigenvalue weighted by Gasteiger charge is 2.30. The van der Waals surface area contributed by atoms with Crippen LogP contribution in [0.5, 0.6) is 11.8 Å². The van der Waals surface area contributed by atoms with Crippen molar-refractivity contribution in [3.63, 3.8) is 0 Å². The summed E-state index contributed by atoms with van der Waals surface area (Å²) in [5.74, 6) is -2.12. The Morgan fingerprint density at radius 3 is 2.43 bits per heavy atom. The van der Waals surface area contributed by atoms with Crippen molar-refractivity contribution in [2.45, 2.75) is 24.4 Å². The minimum Gasteiger partial charge on any atom is -0.421 e. The Labute approximate surface area is 213 Å². The quantitative estimate of drug-likeness (QED) is 0.157. The highest BCUT2D eigenvalue weighted by Crippen LogP contribution is 2.36. The van der Waals surface area contributed by atoms with Gasteiger partial charge in [0.1, 0.15) is 35.6 Å². The molecule has 2 aromatic carbocycles. The maximum absolute atomic E-state index is 14.1. The topological polar surface area (TPSA) is 177 Å². The molecule has 4 aromatic rings. The highest BCUT2D eigenvalue weighted by atomic mass is 35.5. The van der Waals surface area contributed by atoms with Gasteiger partial charge in [0.2, 0.25) is 0 Å². The van der Waals surface area contributed by atoms with Gasteiger partial charge in [0.25, 0.3) is 0 Å². The van der Waals surface area contributed by atoms with Crippen LogP contribution in [0, 0.1) is 11.6 Å². The first-order chi connectivity index (χ1) is 17.7. The number of benzene rings is 2. The number of nitrogens with one attached hydrogen (secondary N) is 2. The smallest absolute Gasteiger partial charge is 0.326 e. The number of anilines is 1. The van der Waals surface area contributed by atoms with Gasteiger partial charge in [0, 0.05) is 18.2 Å². The number of hydrogen-bond donors (Lipinski definition) is 7. The van der Waals surface area contributed by atoms with Crippen molar-refractivity contribution in [3.05, 3.63) is 59.1 Å². The third kappa shape index (κ3) is 5.77. The average Bonchev–Trinajstić information content (AvgIpc) is 3.31. The van der Waals surface area contributed by atoms with E-state index in [2.05, 4.69) is 25.5 Å². The van der Waals surface area contributed by atoms with E-state index in [1.807, 2.05) is 0 Å². The molecule has 7 N–H and O–H groups in total. The van der Waals surface area contributed by atoms with Crippen LogP contribution in [0.25, 0.3) is 22.3 Å². The van der Waals surface area contributed by atoms with Gasteiger partial charge in [-0.05, 0) is 18.2 Å². The molecule has 0 saturated carbocycles. The van der Waals surface area contributed by atoms with E-state index in [1.54, 1.807) is 24.3 Å². The van der Waals surface area contributed by atoms with Gasteiger partial charge in [-0.2, -0.15) is 15.1 Å². The lowest BCUT2D eigenvalue weighted by Crippen LogP contribution is -2.48. The lowest BCUT2D eigenvalue weighted by atomic mass is 10.0. The van der Waals surface area contributed by atoms with Gasteiger partial charge in [0.05, 0.1) is 23.1 Å². The van der Waals surface area contributed by atoms with Crippen LogP contribution in [0.1, 0.15) is 0 Å². The molecule has 0 saturated heterocycles. The summed E-state index contributed by atoms with van der Waals surface area (Å²) in [6.07, 6.45) is -6.97. The molecule has 14 heteroatoms. The number of rotatable bonds is 10. The third-order valence-electron chi connectivity index (χ3n) is 5.43. The van der Waals surface area contributed by atoms with Gasteiger partial charge in [0.15, 0.2) is 17.2 Å². The number of aromatic amines is 1. The fraction of sp³-hybridized carbons (Fsp3) is 0.261. The number of halogens is 3. The summed E-state index contributed by atoms with van der Waals surface area (Å²) in [5.41, 5.74) is 0.978. The molecule has 0 amide bonds. The molecule has 0 spiro atoms. The molecule has 0 radical (unpaired) electrons. The molecule has 2 heterocycles. The molecular formula is C23H22ClF2N5O6. The van der Waals surface area contributed by atoms with E-state index in [0.29, 0.717) is 27.7 Å². The van der Waals surface area contributed by atoms with Gasteiger partial charge in [-0.3, -0.25) is 5.10 Å². The second-order valence-electron chi connectivity index (χ2n) is 7.99. The van der Waals surface area contributed by atoms with E-state index in [4.69, 9.17) is 21.4 Å². The second-order valence-corrected chi connectivity index (χ2v) is 8.39. The number of aliphatic hydroxyl groups is 5. The lowest BCUT2D eigenvalue weighted by Gasteiger charge is -2.26. The minimum atomic E-state index is -1.83. The first kappa shape index (κ1) is 26.6. The Bertz CT molecular complexity index is 1390. The number of aromatic nitrogens is 4. The monoisotopic (exact) mass is 537 g/mol. The molecule has 11 nitrogen and oxygen atoms in total. The molecule has 4 atom stereocenters. The number of aliphatic hydroxyl groups excluding tert-OH is 5. The number of fused-ring (bicyclic) bond motifs is 1. The summed E-state index contributed by atoms with van der Waals surface area (Å²) < 4.78 is 32.8. The maximum atomic E-state index is 14.1. The third-order valence-corrected chi connectivity index (χ3v) is 5.76. The largest absolute Gasteiger partial charge is 0.421 e. The number of nitrogens with zero attached hydrogens (tertiary/aromatic N) is 3. The summed E-state index contributed by atoms with van der Waals surface area (Å²) in [6.45, 7) is -1.23. The summed E-state index contributed by atoms with van der Waals surface area (Å²) in [5, 5.41) is 59.3. The Balaban J connectivity index is 1.71. The van der Waals surface area contributed by atoms with Crippen LogP contribution >= 0.6 is 11.6 Å². The van der Waals surface area contributed by atoms with Crippen LogP contribution in [-0.4, -0.2) is 83.3 Å². The second kappa shape index (κ2) is 11.3. The molecule has 0 aliphatic heterocycles. The van der Waals surface area contributed by atoms with Crippen molar-refractivity contribution in [1.29, 1.82) is 0 Å². The first-order valence-corrected chi connectivity index (χ1v) is 11.3. The van der Waals surface area contributed by atoms with Crippen LogP contribution in [0.4, 0.5) is 14.6 Å². The molecule has 0 aliphatic carbocycles. The molecular weight excluding hydrogens is 516 g/mol. The number of H-pyrrole nitrogens is 1. The van der Waals surface area contributed by atoms with Crippen molar-refractivity contribution < 1.29 is 39.1 Å². The van der Waals surface area contributed by atoms with Crippen LogP contribution in [0.15, 0.2) is 42.5 Å². The Kier molecular flexibility index (Phi) is 8.12. The van der Waals surface area contributed by atoms with Gasteiger partial charge >= 0.3 is 6.01 Å². The maximum Gasteiger partial charge on any atom is 0.326 e. The van der Waals surface area contributed by atoms with Crippen molar-refractivity contribution in [2.24, 2.45) is 0 Å². The van der Waals surface area contributed by atoms with E-state index >= 15 is 0 Å². The Hall–Kier alpha value is -3.46. The van der Waals surface area contributed by atoms with Gasteiger partial charge < -0.3 is 35.6 Å². The molecule has 0 aliphatic rings. The van der Waals surface area contributed by atoms with E-state index in [1.165, 1.54) is 0 Å². The first-order valence-electron chi connectivity index (χ1n) is 10.9. The molecule has 0 unspecified atom stereocenters. The van der Waals surface area contributed by atoms with Crippen molar-refractivity contribution in [1.82, 2.24) is 20.2 Å². The van der Waals surface area contributed by atoms with Gasteiger partial charge in [-0.1, -0.05) is 29.8 Å². The zero-order valence-electron chi connectivity index (χ0n) is 18.9. The summed E-state index contributed by atoms with van der Waals surface area (Å²) >= 11 is 6.33. The number of hydrogen-bond acceptors (Lipinski definition) is 10. The fourth-order valence-electron chi connectivity index (χ4n) is 3.47. The molecule has 0 fully saturated rings. The predicted octanol–water partition coefficient (Wildman–Crippen LogP) is 1.59. The van der Waals surface area contributed by atoms with Crippen LogP contribution in [0.2, 0.25) is 5.02 Å². The highest BCUT2D eigenvalue weighted by molar-refractivity contribution is 6.33. The average molecular weight is 538 g/mol. The molecule has 37 heavy (non-hydrogen) atoms. The molecule has 2 aromatic heterocycles. The van der Waals surface area contributed by atoms with Gasteiger partial charge in [-0.25, -0.2) is 8.78 Å². The van der Waals surface area contributed by atoms with Crippen LogP contribution in [-0.2, 0) is 0 Å². The summed E-state index contributed by atoms with van der Waals surface area (Å²) in [7, 11) is 0. The van der Waals surface area contributed by atoms with E-state index in [-0.39, 0.29) is 23.2 Å². The van der Waals surface area contributed by atoms with Crippen LogP contribution in [0.3, 0.4) is 0 Å². The SMILES string of the molecule is OC[C@@H](O)[C@@H](O)[C@H](O)[C@@H](O)CNc1nc(Oc2ccc(F)cc2F)nc2[nH]nc(-c3ccccc3Cl)c12. The minimum absolute atomic E-state index is 0.0228. The molecule has 196 valence electrons. The normalized spacial score (nSPS) is 14.8. The fourth-order valence-corrected chi connectivity index (χ4v) is 3.70. The van der Waals surface area contributed by atoms with Gasteiger partial charge in [-0.15, -0.1) is 0 Å².